The lowest BCUT2D eigenvalue weighted by Crippen LogP contribution is -2.28. The molecule has 0 fully saturated rings. The average molecular weight is 518 g/mol. The number of hydrogen-bond acceptors (Lipinski definition) is 0. The third-order valence-electron chi connectivity index (χ3n) is 7.77. The maximum atomic E-state index is 4.05. The average Bonchev–Trinajstić information content (AvgIpc) is 3.30. The Balaban J connectivity index is 1.61. The minimum atomic E-state index is 1.09. The third-order valence-corrected chi connectivity index (χ3v) is 7.77. The van der Waals surface area contributed by atoms with Gasteiger partial charge in [-0.1, -0.05) is 85.5 Å². The van der Waals surface area contributed by atoms with E-state index in [1.54, 1.807) is 0 Å². The van der Waals surface area contributed by atoms with E-state index in [0.717, 1.165) is 12.8 Å². The molecule has 1 heterocycles. The predicted molar refractivity (Wildman–Crippen MR) is 174 cm³/mol. The van der Waals surface area contributed by atoms with Crippen molar-refractivity contribution in [1.29, 1.82) is 0 Å². The van der Waals surface area contributed by atoms with Gasteiger partial charge in [0.2, 0.25) is 0 Å². The van der Waals surface area contributed by atoms with Crippen LogP contribution in [0.5, 0.6) is 0 Å². The number of aryl methyl sites for hydroxylation is 2. The van der Waals surface area contributed by atoms with Gasteiger partial charge in [0, 0.05) is 21.6 Å². The number of rotatable bonds is 5. The van der Waals surface area contributed by atoms with E-state index >= 15 is 0 Å². The second kappa shape index (κ2) is 10.9. The molecule has 0 atom stereocenters. The Bertz CT molecular complexity index is 1910. The van der Waals surface area contributed by atoms with Crippen molar-refractivity contribution in [1.82, 2.24) is 4.57 Å². The van der Waals surface area contributed by atoms with Crippen molar-refractivity contribution in [3.63, 3.8) is 0 Å². The van der Waals surface area contributed by atoms with Crippen molar-refractivity contribution in [3.8, 4) is 27.9 Å². The summed E-state index contributed by atoms with van der Waals surface area (Å²) in [6.45, 7) is 10.5. The SMILES string of the molecule is C=C/C=c1\c(=C/C)n(-c2cc(C)cc(C)c2)c2ccc(-c3cc(C4=CCCC=C4)cc(-c4ccccc4)c3)cc12. The fourth-order valence-corrected chi connectivity index (χ4v) is 6.04. The molecule has 4 aromatic carbocycles. The fourth-order valence-electron chi connectivity index (χ4n) is 6.04. The van der Waals surface area contributed by atoms with E-state index in [1.165, 1.54) is 71.7 Å². The smallest absolute Gasteiger partial charge is 0.0541 e. The molecular weight excluding hydrogens is 482 g/mol. The van der Waals surface area contributed by atoms with Crippen LogP contribution in [0, 0.1) is 13.8 Å². The number of benzene rings is 4. The van der Waals surface area contributed by atoms with E-state index in [-0.39, 0.29) is 0 Å². The number of fused-ring (bicyclic) bond motifs is 1. The molecule has 1 aromatic heterocycles. The van der Waals surface area contributed by atoms with Gasteiger partial charge in [0.05, 0.1) is 5.52 Å². The first-order valence-corrected chi connectivity index (χ1v) is 14.2. The zero-order valence-corrected chi connectivity index (χ0v) is 23.6. The summed E-state index contributed by atoms with van der Waals surface area (Å²) in [5, 5.41) is 3.62. The predicted octanol–water partition coefficient (Wildman–Crippen LogP) is 9.08. The molecule has 0 amide bonds. The van der Waals surface area contributed by atoms with Gasteiger partial charge in [-0.05, 0) is 121 Å². The first kappa shape index (κ1) is 25.6. The molecule has 1 aliphatic rings. The van der Waals surface area contributed by atoms with Crippen molar-refractivity contribution in [2.24, 2.45) is 0 Å². The van der Waals surface area contributed by atoms with Gasteiger partial charge < -0.3 is 4.57 Å². The summed E-state index contributed by atoms with van der Waals surface area (Å²) < 4.78 is 2.39. The standard InChI is InChI=1S/C39H35N/c1-5-13-36-37-26-31(18-19-39(37)40(38(36)6-2)35-21-27(3)20-28(4)22-35)34-24-32(29-14-9-7-10-15-29)23-33(25-34)30-16-11-8-12-17-30/h5-7,9-11,13-26H,1,8,12H2,2-4H3/b36-13-,38-6+. The van der Waals surface area contributed by atoms with Gasteiger partial charge in [0.1, 0.15) is 0 Å². The Kier molecular flexibility index (Phi) is 6.97. The number of allylic oxidation sites excluding steroid dienone is 5. The van der Waals surface area contributed by atoms with Gasteiger partial charge in [-0.25, -0.2) is 0 Å². The van der Waals surface area contributed by atoms with E-state index in [1.807, 2.05) is 6.08 Å². The van der Waals surface area contributed by atoms with Crippen LogP contribution in [0.25, 0.3) is 56.6 Å². The zero-order valence-electron chi connectivity index (χ0n) is 23.6. The van der Waals surface area contributed by atoms with Gasteiger partial charge in [-0.15, -0.1) is 0 Å². The molecule has 0 bridgehead atoms. The van der Waals surface area contributed by atoms with Gasteiger partial charge >= 0.3 is 0 Å². The topological polar surface area (TPSA) is 4.93 Å². The Morgan fingerprint density at radius 2 is 1.45 bits per heavy atom. The summed E-state index contributed by atoms with van der Waals surface area (Å²) in [7, 11) is 0. The van der Waals surface area contributed by atoms with E-state index in [0.29, 0.717) is 0 Å². The second-order valence-electron chi connectivity index (χ2n) is 10.7. The van der Waals surface area contributed by atoms with Crippen LogP contribution in [0.3, 0.4) is 0 Å². The van der Waals surface area contributed by atoms with Crippen molar-refractivity contribution >= 4 is 28.6 Å². The summed E-state index contributed by atoms with van der Waals surface area (Å²) in [4.78, 5) is 0. The van der Waals surface area contributed by atoms with E-state index in [4.69, 9.17) is 0 Å². The lowest BCUT2D eigenvalue weighted by Gasteiger charge is -2.14. The van der Waals surface area contributed by atoms with Gasteiger partial charge in [-0.3, -0.25) is 0 Å². The third kappa shape index (κ3) is 4.80. The molecule has 6 rings (SSSR count). The molecule has 0 saturated heterocycles. The molecule has 0 aliphatic heterocycles. The summed E-state index contributed by atoms with van der Waals surface area (Å²) in [5.74, 6) is 0. The van der Waals surface area contributed by atoms with Crippen molar-refractivity contribution < 1.29 is 0 Å². The van der Waals surface area contributed by atoms with Crippen molar-refractivity contribution in [2.45, 2.75) is 33.6 Å². The Morgan fingerprint density at radius 1 is 0.725 bits per heavy atom. The van der Waals surface area contributed by atoms with Gasteiger partial charge in [-0.2, -0.15) is 0 Å². The van der Waals surface area contributed by atoms with Crippen LogP contribution in [-0.2, 0) is 0 Å². The molecule has 0 unspecified atom stereocenters. The number of aromatic nitrogens is 1. The number of hydrogen-bond donors (Lipinski definition) is 0. The Labute approximate surface area is 237 Å². The summed E-state index contributed by atoms with van der Waals surface area (Å²) >= 11 is 0. The highest BCUT2D eigenvalue weighted by molar-refractivity contribution is 5.91. The monoisotopic (exact) mass is 517 g/mol. The van der Waals surface area contributed by atoms with Gasteiger partial charge in [0.25, 0.3) is 0 Å². The van der Waals surface area contributed by atoms with Crippen LogP contribution in [-0.4, -0.2) is 4.57 Å². The van der Waals surface area contributed by atoms with Crippen molar-refractivity contribution in [2.75, 3.05) is 0 Å². The van der Waals surface area contributed by atoms with Crippen LogP contribution in [0.15, 0.2) is 116 Å². The highest BCUT2D eigenvalue weighted by Gasteiger charge is 2.13. The molecule has 40 heavy (non-hydrogen) atoms. The maximum absolute atomic E-state index is 4.05. The Morgan fingerprint density at radius 3 is 2.12 bits per heavy atom. The molecule has 1 nitrogen and oxygen atoms in total. The molecule has 0 radical (unpaired) electrons. The summed E-state index contributed by atoms with van der Waals surface area (Å²) in [6.07, 6.45) is 15.4. The van der Waals surface area contributed by atoms with Crippen LogP contribution >= 0.6 is 0 Å². The molecule has 0 N–H and O–H groups in total. The molecular formula is C39H35N. The van der Waals surface area contributed by atoms with Crippen LogP contribution < -0.4 is 10.6 Å². The molecule has 196 valence electrons. The zero-order chi connectivity index (χ0) is 27.6. The first-order valence-electron chi connectivity index (χ1n) is 14.2. The number of nitrogens with zero attached hydrogens (tertiary/aromatic N) is 1. The Hall–Kier alpha value is -4.62. The quantitative estimate of drug-likeness (QED) is 0.219. The summed E-state index contributed by atoms with van der Waals surface area (Å²) in [6, 6.07) is 31.4. The molecule has 1 aliphatic carbocycles. The first-order chi connectivity index (χ1) is 19.6. The second-order valence-corrected chi connectivity index (χ2v) is 10.7. The van der Waals surface area contributed by atoms with Crippen molar-refractivity contribution in [3.05, 3.63) is 143 Å². The van der Waals surface area contributed by atoms with Crippen LogP contribution in [0.4, 0.5) is 0 Å². The van der Waals surface area contributed by atoms with Gasteiger partial charge in [0.15, 0.2) is 0 Å². The highest BCUT2D eigenvalue weighted by Crippen LogP contribution is 2.33. The molecule has 0 saturated carbocycles. The largest absolute Gasteiger partial charge is 0.310 e. The normalized spacial score (nSPS) is 14.1. The van der Waals surface area contributed by atoms with E-state index in [2.05, 4.69) is 147 Å². The van der Waals surface area contributed by atoms with E-state index in [9.17, 15) is 0 Å². The molecule has 0 spiro atoms. The highest BCUT2D eigenvalue weighted by atomic mass is 15.0. The van der Waals surface area contributed by atoms with Crippen LogP contribution in [0.1, 0.15) is 36.5 Å². The maximum Gasteiger partial charge on any atom is 0.0541 e. The fraction of sp³-hybridized carbons (Fsp3) is 0.128. The lowest BCUT2D eigenvalue weighted by molar-refractivity contribution is 1.04. The van der Waals surface area contributed by atoms with E-state index < -0.39 is 0 Å². The minimum Gasteiger partial charge on any atom is -0.310 e. The minimum absolute atomic E-state index is 1.09. The molecule has 5 aromatic rings. The lowest BCUT2D eigenvalue weighted by atomic mass is 9.91. The summed E-state index contributed by atoms with van der Waals surface area (Å²) in [5.41, 5.74) is 12.4. The molecule has 1 heteroatoms. The van der Waals surface area contributed by atoms with Crippen LogP contribution in [0.2, 0.25) is 0 Å².